The van der Waals surface area contributed by atoms with Crippen LogP contribution in [0, 0.1) is 0 Å². The van der Waals surface area contributed by atoms with Crippen LogP contribution in [0.25, 0.3) is 0 Å². The van der Waals surface area contributed by atoms with Crippen LogP contribution in [0.15, 0.2) is 88.8 Å². The number of sulfone groups is 1. The van der Waals surface area contributed by atoms with Crippen molar-refractivity contribution in [2.75, 3.05) is 0 Å². The number of aliphatic imine (C=N–C) groups is 1. The van der Waals surface area contributed by atoms with Gasteiger partial charge in [-0.1, -0.05) is 60.7 Å². The number of carbonyl (C=O) groups is 1. The third kappa shape index (κ3) is 6.00. The average Bonchev–Trinajstić information content (AvgIpc) is 2.76. The van der Waals surface area contributed by atoms with Gasteiger partial charge in [0.05, 0.1) is 22.8 Å². The fraction of sp³-hybridized carbons (Fsp3) is 0.130. The molecule has 0 saturated carbocycles. The first-order chi connectivity index (χ1) is 14.9. The zero-order chi connectivity index (χ0) is 22.3. The lowest BCUT2D eigenvalue weighted by atomic mass is 9.88. The first-order valence-electron chi connectivity index (χ1n) is 9.56. The number of rotatable bonds is 9. The number of carboxylic acids is 1. The molecule has 0 radical (unpaired) electrons. The maximum Gasteiger partial charge on any atom is 0.304 e. The van der Waals surface area contributed by atoms with Crippen LogP contribution in [-0.4, -0.2) is 25.8 Å². The van der Waals surface area contributed by atoms with Gasteiger partial charge in [0.15, 0.2) is 9.84 Å². The van der Waals surface area contributed by atoms with Gasteiger partial charge in [-0.25, -0.2) is 19.3 Å². The monoisotopic (exact) mass is 437 g/mol. The molecule has 0 saturated heterocycles. The van der Waals surface area contributed by atoms with E-state index in [1.807, 2.05) is 36.4 Å². The standard InChI is InChI=1S/C23H23N3O4S/c24-26-16-25-20-10-5-11-21(13-20)31(29,30)15-17-6-4-9-19(12-17)22(14-23(27)28)18-7-2-1-3-8-18/h1-13,16,22H,14-15,24H2,(H,25,26)(H,27,28). The van der Waals surface area contributed by atoms with Crippen molar-refractivity contribution in [3.05, 3.63) is 95.6 Å². The summed E-state index contributed by atoms with van der Waals surface area (Å²) >= 11 is 0. The molecule has 0 spiro atoms. The van der Waals surface area contributed by atoms with E-state index in [2.05, 4.69) is 10.4 Å². The molecule has 4 N–H and O–H groups in total. The lowest BCUT2D eigenvalue weighted by Gasteiger charge is -2.17. The Morgan fingerprint density at radius 2 is 1.71 bits per heavy atom. The molecule has 0 aliphatic heterocycles. The second-order valence-electron chi connectivity index (χ2n) is 6.99. The van der Waals surface area contributed by atoms with E-state index in [1.54, 1.807) is 30.3 Å². The number of aliphatic carboxylic acids is 1. The zero-order valence-corrected chi connectivity index (χ0v) is 17.5. The van der Waals surface area contributed by atoms with Gasteiger partial charge < -0.3 is 10.5 Å². The predicted octanol–water partition coefficient (Wildman–Crippen LogP) is 3.39. The van der Waals surface area contributed by atoms with Crippen LogP contribution < -0.4 is 11.3 Å². The van der Waals surface area contributed by atoms with Gasteiger partial charge in [0.2, 0.25) is 0 Å². The normalized spacial score (nSPS) is 12.5. The minimum absolute atomic E-state index is 0.0879. The Bertz CT molecular complexity index is 1180. The summed E-state index contributed by atoms with van der Waals surface area (Å²) in [5.74, 6) is 3.66. The first-order valence-corrected chi connectivity index (χ1v) is 11.2. The Kier molecular flexibility index (Phi) is 7.17. The van der Waals surface area contributed by atoms with Crippen LogP contribution in [0.4, 0.5) is 5.69 Å². The van der Waals surface area contributed by atoms with E-state index in [4.69, 9.17) is 5.84 Å². The van der Waals surface area contributed by atoms with Crippen LogP contribution in [0.5, 0.6) is 0 Å². The number of hydrogen-bond donors (Lipinski definition) is 3. The highest BCUT2D eigenvalue weighted by atomic mass is 32.2. The molecule has 7 nitrogen and oxygen atoms in total. The van der Waals surface area contributed by atoms with E-state index >= 15 is 0 Å². The van der Waals surface area contributed by atoms with E-state index in [1.165, 1.54) is 18.5 Å². The smallest absolute Gasteiger partial charge is 0.304 e. The molecule has 8 heteroatoms. The van der Waals surface area contributed by atoms with Crippen molar-refractivity contribution in [2.24, 2.45) is 10.8 Å². The quantitative estimate of drug-likeness (QED) is 0.204. The van der Waals surface area contributed by atoms with Crippen molar-refractivity contribution in [3.63, 3.8) is 0 Å². The van der Waals surface area contributed by atoms with Gasteiger partial charge in [-0.3, -0.25) is 4.79 Å². The summed E-state index contributed by atoms with van der Waals surface area (Å²) in [5.41, 5.74) is 4.94. The molecule has 0 bridgehead atoms. The van der Waals surface area contributed by atoms with Crippen molar-refractivity contribution in [3.8, 4) is 0 Å². The lowest BCUT2D eigenvalue weighted by molar-refractivity contribution is -0.137. The molecule has 1 atom stereocenters. The number of benzene rings is 3. The topological polar surface area (TPSA) is 122 Å². The van der Waals surface area contributed by atoms with Gasteiger partial charge in [0.1, 0.15) is 6.34 Å². The van der Waals surface area contributed by atoms with Crippen molar-refractivity contribution in [1.82, 2.24) is 5.43 Å². The Morgan fingerprint density at radius 3 is 2.42 bits per heavy atom. The highest BCUT2D eigenvalue weighted by Gasteiger charge is 2.20. The maximum absolute atomic E-state index is 13.0. The van der Waals surface area contributed by atoms with Gasteiger partial charge in [-0.15, -0.1) is 0 Å². The summed E-state index contributed by atoms with van der Waals surface area (Å²) in [6, 6.07) is 22.7. The van der Waals surface area contributed by atoms with E-state index in [-0.39, 0.29) is 23.0 Å². The van der Waals surface area contributed by atoms with Crippen molar-refractivity contribution in [2.45, 2.75) is 23.0 Å². The zero-order valence-electron chi connectivity index (χ0n) is 16.7. The van der Waals surface area contributed by atoms with Crippen LogP contribution in [-0.2, 0) is 20.4 Å². The Morgan fingerprint density at radius 1 is 1.00 bits per heavy atom. The van der Waals surface area contributed by atoms with Crippen LogP contribution in [0.2, 0.25) is 0 Å². The highest BCUT2D eigenvalue weighted by molar-refractivity contribution is 7.90. The molecule has 160 valence electrons. The van der Waals surface area contributed by atoms with Crippen molar-refractivity contribution >= 4 is 27.8 Å². The Balaban J connectivity index is 1.90. The Hall–Kier alpha value is -3.49. The fourth-order valence-corrected chi connectivity index (χ4v) is 4.73. The third-order valence-corrected chi connectivity index (χ3v) is 6.44. The molecule has 0 aromatic heterocycles. The van der Waals surface area contributed by atoms with E-state index < -0.39 is 15.8 Å². The summed E-state index contributed by atoms with van der Waals surface area (Å²) in [5, 5.41) is 9.38. The largest absolute Gasteiger partial charge is 0.481 e. The predicted molar refractivity (Wildman–Crippen MR) is 120 cm³/mol. The minimum atomic E-state index is -3.63. The Labute approximate surface area is 181 Å². The van der Waals surface area contributed by atoms with E-state index in [0.29, 0.717) is 11.3 Å². The SMILES string of the molecule is NNC=Nc1cccc(S(=O)(=O)Cc2cccc(C(CC(=O)O)c3ccccc3)c2)c1. The van der Waals surface area contributed by atoms with Gasteiger partial charge in [-0.05, 0) is 34.9 Å². The second kappa shape index (κ2) is 10.0. The number of nitrogens with one attached hydrogen (secondary N) is 1. The maximum atomic E-state index is 13.0. The molecule has 3 aromatic carbocycles. The first kappa shape index (κ1) is 22.2. The molecule has 1 unspecified atom stereocenters. The molecule has 0 heterocycles. The van der Waals surface area contributed by atoms with Gasteiger partial charge in [0.25, 0.3) is 0 Å². The molecule has 31 heavy (non-hydrogen) atoms. The molecule has 0 amide bonds. The highest BCUT2D eigenvalue weighted by Crippen LogP contribution is 2.29. The molecule has 0 fully saturated rings. The molecular weight excluding hydrogens is 414 g/mol. The van der Waals surface area contributed by atoms with Crippen molar-refractivity contribution < 1.29 is 18.3 Å². The average molecular weight is 438 g/mol. The van der Waals surface area contributed by atoms with Crippen LogP contribution in [0.1, 0.15) is 29.0 Å². The van der Waals surface area contributed by atoms with Crippen molar-refractivity contribution in [1.29, 1.82) is 0 Å². The third-order valence-electron chi connectivity index (χ3n) is 4.76. The van der Waals surface area contributed by atoms with E-state index in [9.17, 15) is 18.3 Å². The summed E-state index contributed by atoms with van der Waals surface area (Å²) in [6.45, 7) is 0. The fourth-order valence-electron chi connectivity index (χ4n) is 3.36. The van der Waals surface area contributed by atoms with E-state index in [0.717, 1.165) is 11.1 Å². The lowest BCUT2D eigenvalue weighted by Crippen LogP contribution is -2.18. The summed E-state index contributed by atoms with van der Waals surface area (Å²) in [7, 11) is -3.63. The summed E-state index contributed by atoms with van der Waals surface area (Å²) in [6.07, 6.45) is 1.18. The van der Waals surface area contributed by atoms with Gasteiger partial charge in [0, 0.05) is 5.92 Å². The summed E-state index contributed by atoms with van der Waals surface area (Å²) in [4.78, 5) is 15.6. The number of hydrazine groups is 1. The molecule has 0 aliphatic rings. The number of carboxylic acid groups (broad SMARTS) is 1. The number of nitrogens with two attached hydrogens (primary N) is 1. The number of nitrogens with zero attached hydrogens (tertiary/aromatic N) is 1. The molecular formula is C23H23N3O4S. The van der Waals surface area contributed by atoms with Crippen LogP contribution >= 0.6 is 0 Å². The van der Waals surface area contributed by atoms with Gasteiger partial charge >= 0.3 is 5.97 Å². The molecule has 3 rings (SSSR count). The molecule has 3 aromatic rings. The number of hydrogen-bond acceptors (Lipinski definition) is 5. The molecule has 0 aliphatic carbocycles. The minimum Gasteiger partial charge on any atom is -0.481 e. The second-order valence-corrected chi connectivity index (χ2v) is 8.98. The summed E-state index contributed by atoms with van der Waals surface area (Å²) < 4.78 is 25.9. The van der Waals surface area contributed by atoms with Gasteiger partial charge in [-0.2, -0.15) is 0 Å². The van der Waals surface area contributed by atoms with Crippen LogP contribution in [0.3, 0.4) is 0 Å².